The molecule has 0 saturated heterocycles. The van der Waals surface area contributed by atoms with Crippen molar-refractivity contribution in [2.45, 2.75) is 32.8 Å². The quantitative estimate of drug-likeness (QED) is 0.644. The maximum absolute atomic E-state index is 11.2. The predicted octanol–water partition coefficient (Wildman–Crippen LogP) is 2.08. The van der Waals surface area contributed by atoms with Crippen LogP contribution >= 0.6 is 0 Å². The lowest BCUT2D eigenvalue weighted by Crippen LogP contribution is -2.33. The number of pyridine rings is 1. The molecule has 0 spiro atoms. The van der Waals surface area contributed by atoms with Gasteiger partial charge in [0.1, 0.15) is 5.60 Å². The Morgan fingerprint density at radius 1 is 1.47 bits per heavy atom. The van der Waals surface area contributed by atoms with Crippen LogP contribution in [-0.4, -0.2) is 23.3 Å². The van der Waals surface area contributed by atoms with Gasteiger partial charge in [-0.05, 0) is 38.8 Å². The smallest absolute Gasteiger partial charge is 0.431 e. The van der Waals surface area contributed by atoms with Crippen molar-refractivity contribution in [3.8, 4) is 0 Å². The number of aromatic nitrogens is 1. The van der Waals surface area contributed by atoms with E-state index in [2.05, 4.69) is 10.5 Å². The van der Waals surface area contributed by atoms with Gasteiger partial charge in [-0.15, -0.1) is 0 Å². The van der Waals surface area contributed by atoms with E-state index in [9.17, 15) is 4.79 Å². The molecule has 5 heteroatoms. The van der Waals surface area contributed by atoms with Crippen LogP contribution in [0.25, 0.3) is 0 Å². The molecule has 1 aromatic rings. The van der Waals surface area contributed by atoms with Crippen molar-refractivity contribution in [2.75, 3.05) is 6.61 Å². The van der Waals surface area contributed by atoms with Gasteiger partial charge in [0.05, 0.1) is 6.61 Å². The Hall–Kier alpha value is -1.62. The van der Waals surface area contributed by atoms with Crippen molar-refractivity contribution in [2.24, 2.45) is 0 Å². The van der Waals surface area contributed by atoms with E-state index in [1.807, 2.05) is 12.1 Å². The summed E-state index contributed by atoms with van der Waals surface area (Å²) in [6.45, 7) is 5.76. The van der Waals surface area contributed by atoms with Crippen molar-refractivity contribution in [1.82, 2.24) is 10.5 Å². The van der Waals surface area contributed by atoms with Gasteiger partial charge in [0.25, 0.3) is 0 Å². The molecule has 0 aliphatic rings. The van der Waals surface area contributed by atoms with E-state index in [1.54, 1.807) is 33.2 Å². The summed E-state index contributed by atoms with van der Waals surface area (Å²) in [5.41, 5.74) is 2.76. The first-order chi connectivity index (χ1) is 7.97. The van der Waals surface area contributed by atoms with E-state index in [0.29, 0.717) is 13.0 Å². The number of hydrogen-bond acceptors (Lipinski definition) is 4. The molecule has 0 radical (unpaired) electrons. The zero-order chi connectivity index (χ0) is 12.7. The van der Waals surface area contributed by atoms with Gasteiger partial charge < -0.3 is 4.74 Å². The summed E-state index contributed by atoms with van der Waals surface area (Å²) < 4.78 is 5.00. The first kappa shape index (κ1) is 13.4. The topological polar surface area (TPSA) is 60.5 Å². The summed E-state index contributed by atoms with van der Waals surface area (Å²) in [6.07, 6.45) is 3.58. The third-order valence-electron chi connectivity index (χ3n) is 1.77. The van der Waals surface area contributed by atoms with Crippen molar-refractivity contribution in [3.63, 3.8) is 0 Å². The third-order valence-corrected chi connectivity index (χ3v) is 1.77. The second kappa shape index (κ2) is 6.20. The van der Waals surface area contributed by atoms with Gasteiger partial charge in [-0.2, -0.15) is 5.48 Å². The van der Waals surface area contributed by atoms with Gasteiger partial charge in [-0.3, -0.25) is 9.82 Å². The maximum Gasteiger partial charge on any atom is 0.431 e. The first-order valence-corrected chi connectivity index (χ1v) is 5.47. The van der Waals surface area contributed by atoms with Crippen molar-refractivity contribution >= 4 is 6.09 Å². The van der Waals surface area contributed by atoms with Crippen LogP contribution in [0.1, 0.15) is 26.3 Å². The second-order valence-electron chi connectivity index (χ2n) is 4.56. The summed E-state index contributed by atoms with van der Waals surface area (Å²) in [6, 6.07) is 3.81. The van der Waals surface area contributed by atoms with Crippen molar-refractivity contribution < 1.29 is 14.4 Å². The van der Waals surface area contributed by atoms with Crippen LogP contribution < -0.4 is 5.48 Å². The number of rotatable bonds is 4. The largest absolute Gasteiger partial charge is 0.442 e. The van der Waals surface area contributed by atoms with Gasteiger partial charge in [0.15, 0.2) is 0 Å². The Morgan fingerprint density at radius 2 is 2.24 bits per heavy atom. The van der Waals surface area contributed by atoms with Crippen LogP contribution in [0, 0.1) is 0 Å². The standard InChI is InChI=1S/C12H18N2O3/c1-12(2,3)17-11(15)14-16-8-6-10-5-4-7-13-9-10/h4-5,7,9H,6,8H2,1-3H3,(H,14,15). The lowest BCUT2D eigenvalue weighted by atomic mass is 10.2. The zero-order valence-electron chi connectivity index (χ0n) is 10.4. The fourth-order valence-electron chi connectivity index (χ4n) is 1.12. The Labute approximate surface area is 101 Å². The fraction of sp³-hybridized carbons (Fsp3) is 0.500. The molecule has 94 valence electrons. The molecular formula is C12H18N2O3. The van der Waals surface area contributed by atoms with Crippen LogP contribution in [0.4, 0.5) is 4.79 Å². The van der Waals surface area contributed by atoms with Crippen LogP contribution in [0.5, 0.6) is 0 Å². The molecule has 1 amide bonds. The molecule has 0 atom stereocenters. The normalized spacial score (nSPS) is 11.0. The van der Waals surface area contributed by atoms with Gasteiger partial charge in [0, 0.05) is 12.4 Å². The lowest BCUT2D eigenvalue weighted by Gasteiger charge is -2.19. The minimum Gasteiger partial charge on any atom is -0.442 e. The van der Waals surface area contributed by atoms with Crippen LogP contribution in [0.15, 0.2) is 24.5 Å². The molecule has 0 aliphatic heterocycles. The molecule has 17 heavy (non-hydrogen) atoms. The summed E-state index contributed by atoms with van der Waals surface area (Å²) >= 11 is 0. The van der Waals surface area contributed by atoms with E-state index in [0.717, 1.165) is 5.56 Å². The van der Waals surface area contributed by atoms with Crippen molar-refractivity contribution in [3.05, 3.63) is 30.1 Å². The molecule has 0 fully saturated rings. The Kier molecular flexibility index (Phi) is 4.90. The summed E-state index contributed by atoms with van der Waals surface area (Å²) in [5.74, 6) is 0. The van der Waals surface area contributed by atoms with Gasteiger partial charge in [0.2, 0.25) is 0 Å². The number of amides is 1. The number of carbonyl (C=O) groups excluding carboxylic acids is 1. The average Bonchev–Trinajstić information content (AvgIpc) is 2.23. The average molecular weight is 238 g/mol. The monoisotopic (exact) mass is 238 g/mol. The molecule has 1 aromatic heterocycles. The zero-order valence-corrected chi connectivity index (χ0v) is 10.4. The van der Waals surface area contributed by atoms with Crippen LogP contribution in [-0.2, 0) is 16.0 Å². The van der Waals surface area contributed by atoms with Crippen LogP contribution in [0.2, 0.25) is 0 Å². The number of nitrogens with one attached hydrogen (secondary N) is 1. The second-order valence-corrected chi connectivity index (χ2v) is 4.56. The van der Waals surface area contributed by atoms with Crippen LogP contribution in [0.3, 0.4) is 0 Å². The number of ether oxygens (including phenoxy) is 1. The first-order valence-electron chi connectivity index (χ1n) is 5.47. The summed E-state index contributed by atoms with van der Waals surface area (Å²) in [5, 5.41) is 0. The van der Waals surface area contributed by atoms with E-state index in [1.165, 1.54) is 0 Å². The number of nitrogens with zero attached hydrogens (tertiary/aromatic N) is 1. The fourth-order valence-corrected chi connectivity index (χ4v) is 1.12. The lowest BCUT2D eigenvalue weighted by molar-refractivity contribution is -0.00687. The molecule has 0 bridgehead atoms. The number of carbonyl (C=O) groups is 1. The van der Waals surface area contributed by atoms with Crippen molar-refractivity contribution in [1.29, 1.82) is 0 Å². The molecule has 0 aliphatic carbocycles. The van der Waals surface area contributed by atoms with Gasteiger partial charge in [-0.1, -0.05) is 6.07 Å². The number of hydroxylamine groups is 1. The maximum atomic E-state index is 11.2. The molecule has 0 unspecified atom stereocenters. The van der Waals surface area contributed by atoms with Gasteiger partial charge in [-0.25, -0.2) is 4.79 Å². The van der Waals surface area contributed by atoms with Gasteiger partial charge >= 0.3 is 6.09 Å². The molecule has 0 saturated carbocycles. The molecule has 1 rings (SSSR count). The molecule has 1 heterocycles. The minimum atomic E-state index is -0.580. The Morgan fingerprint density at radius 3 is 2.82 bits per heavy atom. The Balaban J connectivity index is 2.14. The highest BCUT2D eigenvalue weighted by atomic mass is 16.7. The highest BCUT2D eigenvalue weighted by Crippen LogP contribution is 2.06. The predicted molar refractivity (Wildman–Crippen MR) is 63.3 cm³/mol. The molecule has 5 nitrogen and oxygen atoms in total. The van der Waals surface area contributed by atoms with E-state index in [4.69, 9.17) is 9.57 Å². The van der Waals surface area contributed by atoms with E-state index >= 15 is 0 Å². The Bertz CT molecular complexity index is 347. The number of hydrogen-bond donors (Lipinski definition) is 1. The summed E-state index contributed by atoms with van der Waals surface area (Å²) in [7, 11) is 0. The summed E-state index contributed by atoms with van der Waals surface area (Å²) in [4.78, 5) is 20.2. The molecule has 0 aromatic carbocycles. The molecular weight excluding hydrogens is 220 g/mol. The molecule has 1 N–H and O–H groups in total. The van der Waals surface area contributed by atoms with E-state index < -0.39 is 11.7 Å². The minimum absolute atomic E-state index is 0.380. The highest BCUT2D eigenvalue weighted by Gasteiger charge is 2.15. The van der Waals surface area contributed by atoms with E-state index in [-0.39, 0.29) is 0 Å². The SMILES string of the molecule is CC(C)(C)OC(=O)NOCCc1cccnc1. The highest BCUT2D eigenvalue weighted by molar-refractivity contribution is 5.66. The third kappa shape index (κ3) is 6.52.